The highest BCUT2D eigenvalue weighted by Crippen LogP contribution is 2.36. The number of hydrogen-bond donors (Lipinski definition) is 2. The van der Waals surface area contributed by atoms with E-state index >= 15 is 0 Å². The maximum absolute atomic E-state index is 10.3. The van der Waals surface area contributed by atoms with Crippen molar-refractivity contribution < 1.29 is 10.2 Å². The predicted octanol–water partition coefficient (Wildman–Crippen LogP) is 2.11. The molecule has 0 saturated carbocycles. The van der Waals surface area contributed by atoms with E-state index in [4.69, 9.17) is 0 Å². The lowest BCUT2D eigenvalue weighted by molar-refractivity contribution is 0.0493. The number of thioether (sulfide) groups is 1. The summed E-state index contributed by atoms with van der Waals surface area (Å²) in [5, 5.41) is 19.7. The number of hydrogen-bond acceptors (Lipinski definition) is 3. The topological polar surface area (TPSA) is 40.5 Å². The van der Waals surface area contributed by atoms with Crippen LogP contribution in [0.3, 0.4) is 0 Å². The van der Waals surface area contributed by atoms with E-state index in [1.165, 1.54) is 0 Å². The molecule has 3 heteroatoms. The van der Waals surface area contributed by atoms with Crippen molar-refractivity contribution >= 4 is 11.8 Å². The molecule has 1 aliphatic rings. The van der Waals surface area contributed by atoms with Gasteiger partial charge in [-0.1, -0.05) is 12.1 Å². The third-order valence-corrected chi connectivity index (χ3v) is 3.86. The Hall–Kier alpha value is -0.670. The summed E-state index contributed by atoms with van der Waals surface area (Å²) in [6.45, 7) is 0. The van der Waals surface area contributed by atoms with E-state index in [1.54, 1.807) is 30.0 Å². The van der Waals surface area contributed by atoms with Crippen molar-refractivity contribution in [2.24, 2.45) is 0 Å². The number of benzene rings is 1. The highest BCUT2D eigenvalue weighted by Gasteiger charge is 2.31. The zero-order valence-corrected chi connectivity index (χ0v) is 8.76. The Morgan fingerprint density at radius 1 is 1.36 bits per heavy atom. The Kier molecular flexibility index (Phi) is 2.70. The van der Waals surface area contributed by atoms with Crippen LogP contribution < -0.4 is 0 Å². The zero-order chi connectivity index (χ0) is 10.0. The molecule has 1 fully saturated rings. The fourth-order valence-corrected chi connectivity index (χ4v) is 2.94. The predicted molar refractivity (Wildman–Crippen MR) is 58.6 cm³/mol. The molecule has 2 N–H and O–H groups in total. The largest absolute Gasteiger partial charge is 0.508 e. The molecule has 1 unspecified atom stereocenters. The quantitative estimate of drug-likeness (QED) is 0.746. The molecule has 1 atom stereocenters. The van der Waals surface area contributed by atoms with Gasteiger partial charge in [-0.3, -0.25) is 0 Å². The first-order valence-corrected chi connectivity index (χ1v) is 5.96. The van der Waals surface area contributed by atoms with Crippen LogP contribution in [-0.4, -0.2) is 21.7 Å². The van der Waals surface area contributed by atoms with E-state index in [9.17, 15) is 10.2 Å². The van der Waals surface area contributed by atoms with Crippen LogP contribution in [-0.2, 0) is 5.60 Å². The van der Waals surface area contributed by atoms with E-state index in [1.807, 2.05) is 6.07 Å². The molecule has 0 aliphatic carbocycles. The first kappa shape index (κ1) is 9.87. The molecular weight excluding hydrogens is 196 g/mol. The van der Waals surface area contributed by atoms with E-state index in [0.29, 0.717) is 0 Å². The smallest absolute Gasteiger partial charge is 0.115 e. The molecule has 0 amide bonds. The van der Waals surface area contributed by atoms with Crippen molar-refractivity contribution in [3.63, 3.8) is 0 Å². The molecule has 0 bridgehead atoms. The van der Waals surface area contributed by atoms with Crippen molar-refractivity contribution in [2.75, 3.05) is 11.5 Å². The molecular formula is C11H14O2S. The molecule has 1 saturated heterocycles. The van der Waals surface area contributed by atoms with E-state index < -0.39 is 5.60 Å². The average molecular weight is 210 g/mol. The number of rotatable bonds is 1. The van der Waals surface area contributed by atoms with Gasteiger partial charge in [0, 0.05) is 5.75 Å². The summed E-state index contributed by atoms with van der Waals surface area (Å²) in [6.07, 6.45) is 1.83. The maximum Gasteiger partial charge on any atom is 0.115 e. The summed E-state index contributed by atoms with van der Waals surface area (Å²) in [4.78, 5) is 0. The number of phenolic OH excluding ortho intramolecular Hbond substituents is 1. The van der Waals surface area contributed by atoms with Crippen molar-refractivity contribution in [1.82, 2.24) is 0 Å². The average Bonchev–Trinajstić information content (AvgIpc) is 2.19. The summed E-state index contributed by atoms with van der Waals surface area (Å²) in [6, 6.07) is 6.95. The first-order chi connectivity index (χ1) is 6.71. The van der Waals surface area contributed by atoms with Gasteiger partial charge in [0.2, 0.25) is 0 Å². The lowest BCUT2D eigenvalue weighted by Gasteiger charge is -2.32. The van der Waals surface area contributed by atoms with E-state index in [-0.39, 0.29) is 5.75 Å². The van der Waals surface area contributed by atoms with Crippen LogP contribution in [0.25, 0.3) is 0 Å². The van der Waals surface area contributed by atoms with Gasteiger partial charge >= 0.3 is 0 Å². The minimum absolute atomic E-state index is 0.228. The van der Waals surface area contributed by atoms with Crippen molar-refractivity contribution in [2.45, 2.75) is 18.4 Å². The number of aromatic hydroxyl groups is 1. The molecule has 2 nitrogen and oxygen atoms in total. The molecule has 0 spiro atoms. The summed E-state index contributed by atoms with van der Waals surface area (Å²) in [7, 11) is 0. The third-order valence-electron chi connectivity index (χ3n) is 2.60. The Morgan fingerprint density at radius 2 is 2.21 bits per heavy atom. The zero-order valence-electron chi connectivity index (χ0n) is 7.94. The molecule has 1 aliphatic heterocycles. The van der Waals surface area contributed by atoms with Gasteiger partial charge in [0.05, 0.1) is 5.60 Å². The van der Waals surface area contributed by atoms with Gasteiger partial charge in [-0.25, -0.2) is 0 Å². The number of aliphatic hydroxyl groups is 1. The van der Waals surface area contributed by atoms with Crippen LogP contribution in [0.1, 0.15) is 18.4 Å². The maximum atomic E-state index is 10.3. The SMILES string of the molecule is Oc1cccc(C2(O)CCCSC2)c1. The lowest BCUT2D eigenvalue weighted by Crippen LogP contribution is -2.31. The van der Waals surface area contributed by atoms with Crippen molar-refractivity contribution in [1.29, 1.82) is 0 Å². The Balaban J connectivity index is 2.28. The van der Waals surface area contributed by atoms with Gasteiger partial charge < -0.3 is 10.2 Å². The fraction of sp³-hybridized carbons (Fsp3) is 0.455. The summed E-state index contributed by atoms with van der Waals surface area (Å²) >= 11 is 1.77. The van der Waals surface area contributed by atoms with Gasteiger partial charge in [-0.15, -0.1) is 0 Å². The molecule has 0 radical (unpaired) electrons. The fourth-order valence-electron chi connectivity index (χ4n) is 1.80. The van der Waals surface area contributed by atoms with Crippen molar-refractivity contribution in [3.8, 4) is 5.75 Å². The van der Waals surface area contributed by atoms with Gasteiger partial charge in [0.15, 0.2) is 0 Å². The second-order valence-corrected chi connectivity index (χ2v) is 4.84. The Labute approximate surface area is 88.0 Å². The number of phenols is 1. The van der Waals surface area contributed by atoms with Gasteiger partial charge in [0.25, 0.3) is 0 Å². The third kappa shape index (κ3) is 1.88. The molecule has 0 aromatic heterocycles. The highest BCUT2D eigenvalue weighted by molar-refractivity contribution is 7.99. The van der Waals surface area contributed by atoms with Gasteiger partial charge in [-0.05, 0) is 36.3 Å². The van der Waals surface area contributed by atoms with Crippen LogP contribution in [0.5, 0.6) is 5.75 Å². The molecule has 1 aromatic rings. The lowest BCUT2D eigenvalue weighted by atomic mass is 9.91. The molecule has 76 valence electrons. The van der Waals surface area contributed by atoms with Crippen LogP contribution in [0.2, 0.25) is 0 Å². The minimum Gasteiger partial charge on any atom is -0.508 e. The molecule has 1 aromatic carbocycles. The molecule has 2 rings (SSSR count). The molecule has 14 heavy (non-hydrogen) atoms. The first-order valence-electron chi connectivity index (χ1n) is 4.80. The van der Waals surface area contributed by atoms with Crippen LogP contribution in [0.15, 0.2) is 24.3 Å². The van der Waals surface area contributed by atoms with Crippen molar-refractivity contribution in [3.05, 3.63) is 29.8 Å². The van der Waals surface area contributed by atoms with Gasteiger partial charge in [-0.2, -0.15) is 11.8 Å². The summed E-state index contributed by atoms with van der Waals surface area (Å²) < 4.78 is 0. The van der Waals surface area contributed by atoms with Gasteiger partial charge in [0.1, 0.15) is 5.75 Å². The van der Waals surface area contributed by atoms with Crippen LogP contribution in [0, 0.1) is 0 Å². The summed E-state index contributed by atoms with van der Waals surface area (Å²) in [5.74, 6) is 2.09. The van der Waals surface area contributed by atoms with E-state index in [2.05, 4.69) is 0 Å². The Bertz CT molecular complexity index is 319. The Morgan fingerprint density at radius 3 is 2.86 bits per heavy atom. The standard InChI is InChI=1S/C11H14O2S/c12-10-4-1-3-9(7-10)11(13)5-2-6-14-8-11/h1,3-4,7,12-13H,2,5-6,8H2. The van der Waals surface area contributed by atoms with Crippen LogP contribution >= 0.6 is 11.8 Å². The molecule has 1 heterocycles. The second-order valence-electron chi connectivity index (χ2n) is 3.74. The van der Waals surface area contributed by atoms with E-state index in [0.717, 1.165) is 29.9 Å². The van der Waals surface area contributed by atoms with Crippen LogP contribution in [0.4, 0.5) is 0 Å². The minimum atomic E-state index is -0.734. The normalized spacial score (nSPS) is 27.5. The summed E-state index contributed by atoms with van der Waals surface area (Å²) in [5.41, 5.74) is 0.103. The second kappa shape index (κ2) is 3.83. The highest BCUT2D eigenvalue weighted by atomic mass is 32.2. The monoisotopic (exact) mass is 210 g/mol.